The summed E-state index contributed by atoms with van der Waals surface area (Å²) >= 11 is 0. The molecule has 2 N–H and O–H groups in total. The van der Waals surface area contributed by atoms with Gasteiger partial charge in [-0.2, -0.15) is 0 Å². The van der Waals surface area contributed by atoms with Gasteiger partial charge in [0.25, 0.3) is 0 Å². The third kappa shape index (κ3) is 4.49. The topological polar surface area (TPSA) is 29.3 Å². The van der Waals surface area contributed by atoms with Gasteiger partial charge in [0.05, 0.1) is 0 Å². The zero-order chi connectivity index (χ0) is 12.8. The zero-order valence-corrected chi connectivity index (χ0v) is 11.6. The molecule has 1 aromatic carbocycles. The first-order valence-corrected chi connectivity index (χ1v) is 6.53. The Balaban J connectivity index is 2.50. The average molecular weight is 234 g/mol. The molecule has 2 unspecified atom stereocenters. The summed E-state index contributed by atoms with van der Waals surface area (Å²) < 4.78 is 0. The van der Waals surface area contributed by atoms with Crippen molar-refractivity contribution in [2.24, 2.45) is 11.7 Å². The lowest BCUT2D eigenvalue weighted by Crippen LogP contribution is -2.39. The lowest BCUT2D eigenvalue weighted by atomic mass is 9.99. The molecule has 0 radical (unpaired) electrons. The highest BCUT2D eigenvalue weighted by Crippen LogP contribution is 2.11. The molecule has 0 aliphatic carbocycles. The van der Waals surface area contributed by atoms with Crippen LogP contribution in [0.1, 0.15) is 31.4 Å². The van der Waals surface area contributed by atoms with Crippen LogP contribution in [0, 0.1) is 12.8 Å². The van der Waals surface area contributed by atoms with Gasteiger partial charge in [-0.15, -0.1) is 0 Å². The first-order valence-electron chi connectivity index (χ1n) is 6.53. The van der Waals surface area contributed by atoms with Crippen molar-refractivity contribution in [2.45, 2.75) is 39.8 Å². The maximum Gasteiger partial charge on any atom is 0.0233 e. The Hall–Kier alpha value is -0.860. The Morgan fingerprint density at radius 3 is 2.53 bits per heavy atom. The summed E-state index contributed by atoms with van der Waals surface area (Å²) in [6.07, 6.45) is 1.15. The van der Waals surface area contributed by atoms with Crippen molar-refractivity contribution in [3.05, 3.63) is 35.4 Å². The van der Waals surface area contributed by atoms with Gasteiger partial charge in [-0.25, -0.2) is 0 Å². The highest BCUT2D eigenvalue weighted by atomic mass is 15.1. The first-order chi connectivity index (χ1) is 8.04. The number of hydrogen-bond donors (Lipinski definition) is 1. The molecule has 17 heavy (non-hydrogen) atoms. The van der Waals surface area contributed by atoms with Crippen LogP contribution in [0.15, 0.2) is 24.3 Å². The molecule has 96 valence electrons. The minimum atomic E-state index is 0.272. The van der Waals surface area contributed by atoms with Crippen LogP contribution in [0.3, 0.4) is 0 Å². The highest BCUT2D eigenvalue weighted by molar-refractivity contribution is 5.25. The molecule has 0 bridgehead atoms. The lowest BCUT2D eigenvalue weighted by molar-refractivity contribution is 0.267. The summed E-state index contributed by atoms with van der Waals surface area (Å²) in [5, 5.41) is 0. The van der Waals surface area contributed by atoms with E-state index in [0.29, 0.717) is 5.92 Å². The molecule has 2 atom stereocenters. The predicted octanol–water partition coefficient (Wildman–Crippen LogP) is 2.80. The molecule has 0 amide bonds. The van der Waals surface area contributed by atoms with Gasteiger partial charge in [-0.1, -0.05) is 44.5 Å². The molecule has 2 nitrogen and oxygen atoms in total. The van der Waals surface area contributed by atoms with Crippen molar-refractivity contribution in [1.29, 1.82) is 0 Å². The number of aryl methyl sites for hydroxylation is 1. The van der Waals surface area contributed by atoms with Crippen LogP contribution < -0.4 is 5.73 Å². The van der Waals surface area contributed by atoms with Gasteiger partial charge in [0.1, 0.15) is 0 Å². The van der Waals surface area contributed by atoms with E-state index in [9.17, 15) is 0 Å². The maximum absolute atomic E-state index is 6.18. The Morgan fingerprint density at radius 2 is 1.94 bits per heavy atom. The van der Waals surface area contributed by atoms with Crippen LogP contribution in [0.4, 0.5) is 0 Å². The summed E-state index contributed by atoms with van der Waals surface area (Å²) in [6.45, 7) is 8.54. The van der Waals surface area contributed by atoms with Crippen LogP contribution in [0.5, 0.6) is 0 Å². The molecule has 0 saturated heterocycles. The number of nitrogens with zero attached hydrogens (tertiary/aromatic N) is 1. The normalized spacial score (nSPS) is 14.9. The van der Waals surface area contributed by atoms with Gasteiger partial charge < -0.3 is 10.6 Å². The van der Waals surface area contributed by atoms with E-state index in [1.165, 1.54) is 11.1 Å². The van der Waals surface area contributed by atoms with E-state index in [4.69, 9.17) is 5.73 Å². The largest absolute Gasteiger partial charge is 0.326 e. The van der Waals surface area contributed by atoms with Crippen LogP contribution in [-0.4, -0.2) is 24.5 Å². The summed E-state index contributed by atoms with van der Waals surface area (Å²) in [4.78, 5) is 2.32. The van der Waals surface area contributed by atoms with Crippen LogP contribution in [0.25, 0.3) is 0 Å². The molecule has 0 aliphatic rings. The molecular weight excluding hydrogens is 208 g/mol. The minimum absolute atomic E-state index is 0.272. The summed E-state index contributed by atoms with van der Waals surface area (Å²) in [5.41, 5.74) is 8.93. The van der Waals surface area contributed by atoms with E-state index >= 15 is 0 Å². The summed E-state index contributed by atoms with van der Waals surface area (Å²) in [7, 11) is 2.15. The van der Waals surface area contributed by atoms with Gasteiger partial charge in [0.15, 0.2) is 0 Å². The average Bonchev–Trinajstić information content (AvgIpc) is 2.31. The standard InChI is InChI=1S/C15H26N2/c1-5-12(2)15(16)11-17(4)10-14-9-7-6-8-13(14)3/h6-9,12,15H,5,10-11,16H2,1-4H3. The fourth-order valence-corrected chi connectivity index (χ4v) is 1.99. The summed E-state index contributed by atoms with van der Waals surface area (Å²) in [5.74, 6) is 0.592. The zero-order valence-electron chi connectivity index (χ0n) is 11.6. The predicted molar refractivity (Wildman–Crippen MR) is 74.9 cm³/mol. The number of hydrogen-bond acceptors (Lipinski definition) is 2. The van der Waals surface area contributed by atoms with Gasteiger partial charge in [0.2, 0.25) is 0 Å². The smallest absolute Gasteiger partial charge is 0.0233 e. The molecule has 0 aliphatic heterocycles. The Morgan fingerprint density at radius 1 is 1.29 bits per heavy atom. The summed E-state index contributed by atoms with van der Waals surface area (Å²) in [6, 6.07) is 8.82. The van der Waals surface area contributed by atoms with Crippen molar-refractivity contribution in [3.63, 3.8) is 0 Å². The lowest BCUT2D eigenvalue weighted by Gasteiger charge is -2.25. The Labute approximate surface area is 106 Å². The monoisotopic (exact) mass is 234 g/mol. The van der Waals surface area contributed by atoms with E-state index in [1.54, 1.807) is 0 Å². The molecule has 1 aromatic rings. The van der Waals surface area contributed by atoms with E-state index in [0.717, 1.165) is 19.5 Å². The number of nitrogens with two attached hydrogens (primary N) is 1. The molecular formula is C15H26N2. The van der Waals surface area contributed by atoms with Crippen molar-refractivity contribution in [3.8, 4) is 0 Å². The fraction of sp³-hybridized carbons (Fsp3) is 0.600. The molecule has 0 aromatic heterocycles. The molecule has 0 saturated carbocycles. The molecule has 0 heterocycles. The van der Waals surface area contributed by atoms with Crippen molar-refractivity contribution >= 4 is 0 Å². The molecule has 1 rings (SSSR count). The van der Waals surface area contributed by atoms with E-state index in [-0.39, 0.29) is 6.04 Å². The number of rotatable bonds is 6. The second-order valence-corrected chi connectivity index (χ2v) is 5.17. The number of benzene rings is 1. The van der Waals surface area contributed by atoms with Gasteiger partial charge in [-0.3, -0.25) is 0 Å². The third-order valence-corrected chi connectivity index (χ3v) is 3.60. The fourth-order valence-electron chi connectivity index (χ4n) is 1.99. The van der Waals surface area contributed by atoms with E-state index < -0.39 is 0 Å². The second kappa shape index (κ2) is 6.77. The van der Waals surface area contributed by atoms with Crippen molar-refractivity contribution in [1.82, 2.24) is 4.90 Å². The third-order valence-electron chi connectivity index (χ3n) is 3.60. The van der Waals surface area contributed by atoms with Gasteiger partial charge in [0, 0.05) is 19.1 Å². The first kappa shape index (κ1) is 14.2. The highest BCUT2D eigenvalue weighted by Gasteiger charge is 2.13. The second-order valence-electron chi connectivity index (χ2n) is 5.17. The quantitative estimate of drug-likeness (QED) is 0.820. The molecule has 0 fully saturated rings. The van der Waals surface area contributed by atoms with Crippen LogP contribution in [-0.2, 0) is 6.54 Å². The minimum Gasteiger partial charge on any atom is -0.326 e. The van der Waals surface area contributed by atoms with Crippen LogP contribution in [0.2, 0.25) is 0 Å². The van der Waals surface area contributed by atoms with E-state index in [2.05, 4.69) is 57.0 Å². The number of likely N-dealkylation sites (N-methyl/N-ethyl adjacent to an activating group) is 1. The van der Waals surface area contributed by atoms with Gasteiger partial charge >= 0.3 is 0 Å². The Bertz CT molecular complexity index is 335. The maximum atomic E-state index is 6.18. The SMILES string of the molecule is CCC(C)C(N)CN(C)Cc1ccccc1C. The van der Waals surface area contributed by atoms with Crippen molar-refractivity contribution in [2.75, 3.05) is 13.6 Å². The van der Waals surface area contributed by atoms with Crippen LogP contribution >= 0.6 is 0 Å². The van der Waals surface area contributed by atoms with Gasteiger partial charge in [-0.05, 0) is 31.0 Å². The molecule has 0 spiro atoms. The van der Waals surface area contributed by atoms with Crippen molar-refractivity contribution < 1.29 is 0 Å². The molecule has 2 heteroatoms. The van der Waals surface area contributed by atoms with E-state index in [1.807, 2.05) is 0 Å². The Kier molecular flexibility index (Phi) is 5.66.